The van der Waals surface area contributed by atoms with Crippen LogP contribution in [-0.4, -0.2) is 29.9 Å². The number of nitrogens with two attached hydrogens (primary N) is 1. The lowest BCUT2D eigenvalue weighted by molar-refractivity contribution is -0.123. The van der Waals surface area contributed by atoms with Crippen LogP contribution >= 0.6 is 15.9 Å². The molecule has 86 valence electrons. The average molecular weight is 287 g/mol. The molecular weight excluding hydrogens is 276 g/mol. The zero-order valence-corrected chi connectivity index (χ0v) is 9.95. The van der Waals surface area contributed by atoms with Crippen LogP contribution in [0.1, 0.15) is 0 Å². The quantitative estimate of drug-likeness (QED) is 0.671. The van der Waals surface area contributed by atoms with Crippen LogP contribution in [-0.2, 0) is 9.59 Å². The Kier molecular flexibility index (Phi) is 4.87. The molecule has 0 fully saturated rings. The number of rotatable bonds is 4. The van der Waals surface area contributed by atoms with Crippen molar-refractivity contribution in [1.82, 2.24) is 10.3 Å². The predicted molar refractivity (Wildman–Crippen MR) is 62.6 cm³/mol. The molecule has 0 aromatic carbocycles. The molecule has 0 bridgehead atoms. The van der Waals surface area contributed by atoms with Gasteiger partial charge in [-0.25, -0.2) is 4.98 Å². The van der Waals surface area contributed by atoms with Gasteiger partial charge < -0.3 is 16.4 Å². The number of anilines is 1. The third-order valence-electron chi connectivity index (χ3n) is 1.64. The molecule has 1 rings (SSSR count). The molecule has 6 nitrogen and oxygen atoms in total. The molecule has 0 saturated heterocycles. The molecule has 16 heavy (non-hydrogen) atoms. The second-order valence-corrected chi connectivity index (χ2v) is 3.71. The van der Waals surface area contributed by atoms with Gasteiger partial charge in [0.2, 0.25) is 11.8 Å². The number of hydrogen-bond acceptors (Lipinski definition) is 4. The van der Waals surface area contributed by atoms with Gasteiger partial charge in [-0.3, -0.25) is 9.59 Å². The molecule has 0 saturated carbocycles. The number of halogens is 1. The number of carbonyl (C=O) groups is 2. The van der Waals surface area contributed by atoms with Crippen molar-refractivity contribution in [2.75, 3.05) is 18.4 Å². The van der Waals surface area contributed by atoms with Gasteiger partial charge in [0.25, 0.3) is 0 Å². The molecule has 2 amide bonds. The van der Waals surface area contributed by atoms with Crippen molar-refractivity contribution >= 4 is 33.4 Å². The zero-order valence-electron chi connectivity index (χ0n) is 8.37. The van der Waals surface area contributed by atoms with Crippen molar-refractivity contribution in [2.45, 2.75) is 0 Å². The minimum absolute atomic E-state index is 0.105. The van der Waals surface area contributed by atoms with Gasteiger partial charge in [0.15, 0.2) is 0 Å². The lowest BCUT2D eigenvalue weighted by atomic mass is 10.4. The summed E-state index contributed by atoms with van der Waals surface area (Å²) >= 11 is 3.18. The Labute approximate surface area is 101 Å². The summed E-state index contributed by atoms with van der Waals surface area (Å²) in [5.41, 5.74) is 5.63. The van der Waals surface area contributed by atoms with Crippen LogP contribution in [0.2, 0.25) is 0 Å². The Bertz CT molecular complexity index is 380. The highest BCUT2D eigenvalue weighted by Gasteiger charge is 2.04. The lowest BCUT2D eigenvalue weighted by Gasteiger charge is -2.05. The summed E-state index contributed by atoms with van der Waals surface area (Å²) in [5, 5.41) is 4.93. The van der Waals surface area contributed by atoms with Crippen LogP contribution in [0.4, 0.5) is 5.69 Å². The van der Waals surface area contributed by atoms with Crippen molar-refractivity contribution in [3.05, 3.63) is 22.9 Å². The van der Waals surface area contributed by atoms with Crippen molar-refractivity contribution in [3.63, 3.8) is 0 Å². The fraction of sp³-hybridized carbons (Fsp3) is 0.222. The minimum atomic E-state index is -0.371. The Balaban J connectivity index is 2.40. The van der Waals surface area contributed by atoms with E-state index in [2.05, 4.69) is 31.5 Å². The van der Waals surface area contributed by atoms with E-state index >= 15 is 0 Å². The Morgan fingerprint density at radius 2 is 2.12 bits per heavy atom. The zero-order chi connectivity index (χ0) is 12.0. The van der Waals surface area contributed by atoms with Crippen LogP contribution < -0.4 is 16.4 Å². The normalized spacial score (nSPS) is 9.62. The first-order chi connectivity index (χ1) is 7.61. The molecule has 0 spiro atoms. The smallest absolute Gasteiger partial charge is 0.243 e. The van der Waals surface area contributed by atoms with E-state index < -0.39 is 0 Å². The van der Waals surface area contributed by atoms with Gasteiger partial charge in [0.05, 0.1) is 25.0 Å². The van der Waals surface area contributed by atoms with Gasteiger partial charge in [-0.2, -0.15) is 0 Å². The number of nitrogens with zero attached hydrogens (tertiary/aromatic N) is 1. The summed E-state index contributed by atoms with van der Waals surface area (Å²) < 4.78 is 0.682. The average Bonchev–Trinajstić information content (AvgIpc) is 2.29. The second kappa shape index (κ2) is 6.19. The maximum atomic E-state index is 11.3. The van der Waals surface area contributed by atoms with Crippen LogP contribution in [0.5, 0.6) is 0 Å². The molecule has 0 aliphatic heterocycles. The third-order valence-corrected chi connectivity index (χ3v) is 2.11. The van der Waals surface area contributed by atoms with E-state index in [1.807, 2.05) is 0 Å². The highest BCUT2D eigenvalue weighted by atomic mass is 79.9. The fourth-order valence-corrected chi connectivity index (χ4v) is 1.14. The van der Waals surface area contributed by atoms with Gasteiger partial charge in [0, 0.05) is 0 Å². The lowest BCUT2D eigenvalue weighted by Crippen LogP contribution is -2.36. The molecule has 0 unspecified atom stereocenters. The third kappa shape index (κ3) is 4.37. The molecule has 0 aliphatic rings. The summed E-state index contributed by atoms with van der Waals surface area (Å²) in [6.07, 6.45) is 1.51. The largest absolute Gasteiger partial charge is 0.346 e. The van der Waals surface area contributed by atoms with Crippen molar-refractivity contribution in [3.8, 4) is 0 Å². The first-order valence-corrected chi connectivity index (χ1v) is 5.29. The van der Waals surface area contributed by atoms with E-state index in [0.29, 0.717) is 10.3 Å². The molecule has 7 heteroatoms. The van der Waals surface area contributed by atoms with Gasteiger partial charge in [-0.1, -0.05) is 0 Å². The van der Waals surface area contributed by atoms with Crippen LogP contribution in [0.3, 0.4) is 0 Å². The van der Waals surface area contributed by atoms with Gasteiger partial charge >= 0.3 is 0 Å². The number of nitrogens with one attached hydrogen (secondary N) is 2. The van der Waals surface area contributed by atoms with Crippen LogP contribution in [0.15, 0.2) is 22.9 Å². The van der Waals surface area contributed by atoms with E-state index in [-0.39, 0.29) is 24.9 Å². The molecule has 0 radical (unpaired) electrons. The summed E-state index contributed by atoms with van der Waals surface area (Å²) in [7, 11) is 0. The molecule has 1 aromatic rings. The molecule has 0 atom stereocenters. The molecule has 1 heterocycles. The maximum absolute atomic E-state index is 11.3. The van der Waals surface area contributed by atoms with Gasteiger partial charge in [-0.05, 0) is 28.1 Å². The van der Waals surface area contributed by atoms with Gasteiger partial charge in [0.1, 0.15) is 4.60 Å². The second-order valence-electron chi connectivity index (χ2n) is 2.90. The maximum Gasteiger partial charge on any atom is 0.243 e. The summed E-state index contributed by atoms with van der Waals surface area (Å²) in [4.78, 5) is 26.0. The van der Waals surface area contributed by atoms with Crippen molar-refractivity contribution in [2.24, 2.45) is 5.73 Å². The molecular formula is C9H11BrN4O2. The van der Waals surface area contributed by atoms with E-state index in [0.717, 1.165) is 0 Å². The monoisotopic (exact) mass is 286 g/mol. The summed E-state index contributed by atoms with van der Waals surface area (Å²) in [6, 6.07) is 3.40. The van der Waals surface area contributed by atoms with Crippen molar-refractivity contribution < 1.29 is 9.59 Å². The summed E-state index contributed by atoms with van der Waals surface area (Å²) in [5.74, 6) is -0.699. The first kappa shape index (κ1) is 12.6. The number of amides is 2. The fourth-order valence-electron chi connectivity index (χ4n) is 0.906. The molecule has 1 aromatic heterocycles. The molecule has 0 aliphatic carbocycles. The standard InChI is InChI=1S/C9H11BrN4O2/c10-7-2-1-6(4-12-7)14-9(16)5-13-8(15)3-11/h1-2,4H,3,5,11H2,(H,13,15)(H,14,16). The van der Waals surface area contributed by atoms with E-state index in [1.165, 1.54) is 6.20 Å². The topological polar surface area (TPSA) is 97.1 Å². The Morgan fingerprint density at radius 1 is 1.38 bits per heavy atom. The Hall–Kier alpha value is -1.47. The van der Waals surface area contributed by atoms with Crippen LogP contribution in [0.25, 0.3) is 0 Å². The van der Waals surface area contributed by atoms with E-state index in [4.69, 9.17) is 5.73 Å². The molecule has 4 N–H and O–H groups in total. The highest BCUT2D eigenvalue weighted by molar-refractivity contribution is 9.10. The van der Waals surface area contributed by atoms with E-state index in [9.17, 15) is 9.59 Å². The minimum Gasteiger partial charge on any atom is -0.346 e. The van der Waals surface area contributed by atoms with Crippen molar-refractivity contribution in [1.29, 1.82) is 0 Å². The highest BCUT2D eigenvalue weighted by Crippen LogP contribution is 2.09. The Morgan fingerprint density at radius 3 is 2.69 bits per heavy atom. The van der Waals surface area contributed by atoms with E-state index in [1.54, 1.807) is 12.1 Å². The van der Waals surface area contributed by atoms with Gasteiger partial charge in [-0.15, -0.1) is 0 Å². The predicted octanol–water partition coefficient (Wildman–Crippen LogP) is -0.143. The first-order valence-electron chi connectivity index (χ1n) is 4.50. The number of aromatic nitrogens is 1. The number of pyridine rings is 1. The SMILES string of the molecule is NCC(=O)NCC(=O)Nc1ccc(Br)nc1. The summed E-state index contributed by atoms with van der Waals surface area (Å²) in [6.45, 7) is -0.237. The number of carbonyl (C=O) groups excluding carboxylic acids is 2. The number of hydrogen-bond donors (Lipinski definition) is 3. The van der Waals surface area contributed by atoms with Crippen LogP contribution in [0, 0.1) is 0 Å².